The number of hydrogen-bond acceptors (Lipinski definition) is 4. The average Bonchev–Trinajstić information content (AvgIpc) is 2.83. The molecule has 0 amide bonds. The molecule has 3 N–H and O–H groups in total. The lowest BCUT2D eigenvalue weighted by atomic mass is 10.1. The fourth-order valence-electron chi connectivity index (χ4n) is 1.98. The minimum Gasteiger partial charge on any atom is -0.383 e. The van der Waals surface area contributed by atoms with Crippen LogP contribution in [-0.2, 0) is 13.0 Å². The molecule has 1 aliphatic rings. The van der Waals surface area contributed by atoms with Gasteiger partial charge in [0.15, 0.2) is 5.82 Å². The number of hydrogen-bond donors (Lipinski definition) is 2. The maximum Gasteiger partial charge on any atom is 0.169 e. The van der Waals surface area contributed by atoms with Crippen LogP contribution in [0, 0.1) is 0 Å². The largest absolute Gasteiger partial charge is 0.383 e. The van der Waals surface area contributed by atoms with Gasteiger partial charge in [-0.15, -0.1) is 10.2 Å². The van der Waals surface area contributed by atoms with Gasteiger partial charge in [-0.05, 0) is 12.8 Å². The van der Waals surface area contributed by atoms with Crippen LogP contribution < -0.4 is 5.73 Å². The first-order valence-corrected chi connectivity index (χ1v) is 5.07. The molecule has 3 rings (SSSR count). The number of H-pyrrole nitrogens is 1. The SMILES string of the molecule is Nc1[nH]ncc1-c1nnc2n1CCCC2. The number of aryl methyl sites for hydroxylation is 1. The number of nitrogen functional groups attached to an aromatic ring is 1. The second kappa shape index (κ2) is 3.08. The summed E-state index contributed by atoms with van der Waals surface area (Å²) in [5, 5.41) is 14.9. The zero-order valence-corrected chi connectivity index (χ0v) is 8.27. The average molecular weight is 204 g/mol. The Hall–Kier alpha value is -1.85. The fraction of sp³-hybridized carbons (Fsp3) is 0.444. The quantitative estimate of drug-likeness (QED) is 0.711. The third kappa shape index (κ3) is 1.21. The van der Waals surface area contributed by atoms with Gasteiger partial charge in [0.1, 0.15) is 11.6 Å². The molecule has 0 saturated heterocycles. The molecule has 15 heavy (non-hydrogen) atoms. The molecule has 0 bridgehead atoms. The van der Waals surface area contributed by atoms with Gasteiger partial charge in [0.25, 0.3) is 0 Å². The van der Waals surface area contributed by atoms with Gasteiger partial charge in [-0.1, -0.05) is 0 Å². The summed E-state index contributed by atoms with van der Waals surface area (Å²) in [6, 6.07) is 0. The Morgan fingerprint density at radius 3 is 3.07 bits per heavy atom. The maximum absolute atomic E-state index is 5.77. The van der Waals surface area contributed by atoms with E-state index in [1.54, 1.807) is 6.20 Å². The van der Waals surface area contributed by atoms with Crippen molar-refractivity contribution in [3.63, 3.8) is 0 Å². The fourth-order valence-corrected chi connectivity index (χ4v) is 1.98. The number of nitrogens with zero attached hydrogens (tertiary/aromatic N) is 4. The van der Waals surface area contributed by atoms with Gasteiger partial charge in [0.2, 0.25) is 0 Å². The number of nitrogens with two attached hydrogens (primary N) is 1. The topological polar surface area (TPSA) is 85.4 Å². The molecule has 2 aromatic rings. The molecule has 0 unspecified atom stereocenters. The normalized spacial score (nSPS) is 15.2. The molecular formula is C9H12N6. The summed E-state index contributed by atoms with van der Waals surface area (Å²) in [6.45, 7) is 0.974. The van der Waals surface area contributed by atoms with Gasteiger partial charge in [0.05, 0.1) is 11.8 Å². The zero-order chi connectivity index (χ0) is 10.3. The third-order valence-electron chi connectivity index (χ3n) is 2.77. The highest BCUT2D eigenvalue weighted by molar-refractivity contribution is 5.67. The molecule has 0 radical (unpaired) electrons. The lowest BCUT2D eigenvalue weighted by Crippen LogP contribution is -2.11. The van der Waals surface area contributed by atoms with E-state index >= 15 is 0 Å². The van der Waals surface area contributed by atoms with E-state index in [1.165, 1.54) is 12.8 Å². The summed E-state index contributed by atoms with van der Waals surface area (Å²) in [6.07, 6.45) is 5.07. The predicted molar refractivity (Wildman–Crippen MR) is 55.0 cm³/mol. The van der Waals surface area contributed by atoms with E-state index in [-0.39, 0.29) is 0 Å². The van der Waals surface area contributed by atoms with Gasteiger partial charge in [0, 0.05) is 13.0 Å². The number of aromatic nitrogens is 5. The molecule has 78 valence electrons. The van der Waals surface area contributed by atoms with Crippen LogP contribution in [0.2, 0.25) is 0 Å². The van der Waals surface area contributed by atoms with Crippen molar-refractivity contribution < 1.29 is 0 Å². The summed E-state index contributed by atoms with van der Waals surface area (Å²) in [4.78, 5) is 0. The minimum atomic E-state index is 0.552. The number of rotatable bonds is 1. The molecule has 6 nitrogen and oxygen atoms in total. The van der Waals surface area contributed by atoms with Crippen LogP contribution in [-0.4, -0.2) is 25.0 Å². The summed E-state index contributed by atoms with van der Waals surface area (Å²) in [7, 11) is 0. The molecule has 6 heteroatoms. The van der Waals surface area contributed by atoms with Crippen LogP contribution in [0.4, 0.5) is 5.82 Å². The van der Waals surface area contributed by atoms with Crippen LogP contribution in [0.3, 0.4) is 0 Å². The first-order chi connectivity index (χ1) is 7.36. The molecule has 0 aromatic carbocycles. The summed E-state index contributed by atoms with van der Waals surface area (Å²) < 4.78 is 2.13. The van der Waals surface area contributed by atoms with Crippen molar-refractivity contribution in [1.82, 2.24) is 25.0 Å². The second-order valence-corrected chi connectivity index (χ2v) is 3.75. The van der Waals surface area contributed by atoms with Crippen LogP contribution >= 0.6 is 0 Å². The van der Waals surface area contributed by atoms with Gasteiger partial charge < -0.3 is 10.3 Å². The van der Waals surface area contributed by atoms with E-state index < -0.39 is 0 Å². The van der Waals surface area contributed by atoms with Gasteiger partial charge >= 0.3 is 0 Å². The van der Waals surface area contributed by atoms with Crippen LogP contribution in [0.25, 0.3) is 11.4 Å². The number of nitrogens with one attached hydrogen (secondary N) is 1. The molecule has 0 fully saturated rings. The Balaban J connectivity index is 2.13. The van der Waals surface area contributed by atoms with Crippen molar-refractivity contribution in [3.8, 4) is 11.4 Å². The van der Waals surface area contributed by atoms with Crippen molar-refractivity contribution >= 4 is 5.82 Å². The van der Waals surface area contributed by atoms with Crippen molar-refractivity contribution in [3.05, 3.63) is 12.0 Å². The highest BCUT2D eigenvalue weighted by atomic mass is 15.3. The van der Waals surface area contributed by atoms with Crippen molar-refractivity contribution in [2.24, 2.45) is 0 Å². The molecule has 0 saturated carbocycles. The summed E-state index contributed by atoms with van der Waals surface area (Å²) in [5.41, 5.74) is 6.61. The molecule has 1 aliphatic heterocycles. The Bertz CT molecular complexity index is 483. The first kappa shape index (κ1) is 8.46. The Morgan fingerprint density at radius 2 is 2.27 bits per heavy atom. The van der Waals surface area contributed by atoms with Gasteiger partial charge in [-0.3, -0.25) is 5.10 Å². The molecular weight excluding hydrogens is 192 g/mol. The van der Waals surface area contributed by atoms with E-state index in [2.05, 4.69) is 25.0 Å². The summed E-state index contributed by atoms with van der Waals surface area (Å²) >= 11 is 0. The molecule has 0 aliphatic carbocycles. The first-order valence-electron chi connectivity index (χ1n) is 5.07. The van der Waals surface area contributed by atoms with Crippen molar-refractivity contribution in [1.29, 1.82) is 0 Å². The lowest BCUT2D eigenvalue weighted by molar-refractivity contribution is 0.526. The standard InChI is InChI=1S/C9H12N6/c10-8-6(5-11-13-8)9-14-12-7-3-1-2-4-15(7)9/h5H,1-4H2,(H3,10,11,13). The van der Waals surface area contributed by atoms with Gasteiger partial charge in [-0.2, -0.15) is 5.10 Å². The van der Waals surface area contributed by atoms with Crippen molar-refractivity contribution in [2.75, 3.05) is 5.73 Å². The molecule has 0 spiro atoms. The molecule has 3 heterocycles. The molecule has 0 atom stereocenters. The maximum atomic E-state index is 5.77. The lowest BCUT2D eigenvalue weighted by Gasteiger charge is -2.14. The second-order valence-electron chi connectivity index (χ2n) is 3.75. The van der Waals surface area contributed by atoms with Crippen LogP contribution in [0.1, 0.15) is 18.7 Å². The molecule has 2 aromatic heterocycles. The van der Waals surface area contributed by atoms with Crippen molar-refractivity contribution in [2.45, 2.75) is 25.8 Å². The van der Waals surface area contributed by atoms with Crippen LogP contribution in [0.5, 0.6) is 0 Å². The predicted octanol–water partition coefficient (Wildman–Crippen LogP) is 0.587. The van der Waals surface area contributed by atoms with E-state index in [4.69, 9.17) is 5.73 Å². The number of fused-ring (bicyclic) bond motifs is 1. The highest BCUT2D eigenvalue weighted by Crippen LogP contribution is 2.25. The number of aromatic amines is 1. The smallest absolute Gasteiger partial charge is 0.169 e. The minimum absolute atomic E-state index is 0.552. The zero-order valence-electron chi connectivity index (χ0n) is 8.27. The highest BCUT2D eigenvalue weighted by Gasteiger charge is 2.18. The Morgan fingerprint density at radius 1 is 1.33 bits per heavy atom. The summed E-state index contributed by atoms with van der Waals surface area (Å²) in [5.74, 6) is 2.43. The number of anilines is 1. The third-order valence-corrected chi connectivity index (χ3v) is 2.77. The Labute approximate surface area is 86.5 Å². The van der Waals surface area contributed by atoms with E-state index in [1.807, 2.05) is 0 Å². The Kier molecular flexibility index (Phi) is 1.74. The van der Waals surface area contributed by atoms with Crippen LogP contribution in [0.15, 0.2) is 6.20 Å². The van der Waals surface area contributed by atoms with E-state index in [0.29, 0.717) is 5.82 Å². The van der Waals surface area contributed by atoms with E-state index in [0.717, 1.165) is 30.2 Å². The van der Waals surface area contributed by atoms with E-state index in [9.17, 15) is 0 Å². The van der Waals surface area contributed by atoms with Gasteiger partial charge in [-0.25, -0.2) is 0 Å². The monoisotopic (exact) mass is 204 g/mol.